The lowest BCUT2D eigenvalue weighted by molar-refractivity contribution is -0.126. The predicted molar refractivity (Wildman–Crippen MR) is 134 cm³/mol. The van der Waals surface area contributed by atoms with Crippen LogP contribution in [0.3, 0.4) is 0 Å². The molecule has 1 aromatic carbocycles. The molecule has 2 N–H and O–H groups in total. The number of methoxy groups -OCH3 is 2. The summed E-state index contributed by atoms with van der Waals surface area (Å²) in [6, 6.07) is 8.52. The van der Waals surface area contributed by atoms with Crippen molar-refractivity contribution in [3.8, 4) is 0 Å². The van der Waals surface area contributed by atoms with Gasteiger partial charge in [0.25, 0.3) is 5.91 Å². The number of nitrogens with zero attached hydrogens (tertiary/aromatic N) is 6. The molecule has 13 heteroatoms. The minimum absolute atomic E-state index is 0.0779. The first-order valence-electron chi connectivity index (χ1n) is 11.6. The first-order valence-corrected chi connectivity index (χ1v) is 12.4. The molecule has 2 fully saturated rings. The summed E-state index contributed by atoms with van der Waals surface area (Å²) in [6.45, 7) is 2.82. The number of nitrogens with one attached hydrogen (secondary N) is 2. The highest BCUT2D eigenvalue weighted by atomic mass is 32.1. The summed E-state index contributed by atoms with van der Waals surface area (Å²) in [5.41, 5.74) is 0.968. The third-order valence-electron chi connectivity index (χ3n) is 6.32. The number of ether oxygens (including phenoxy) is 2. The van der Waals surface area contributed by atoms with Gasteiger partial charge in [-0.15, -0.1) is 15.3 Å². The molecule has 0 bridgehead atoms. The van der Waals surface area contributed by atoms with E-state index in [0.29, 0.717) is 34.6 Å². The number of rotatable bonds is 9. The zero-order valence-corrected chi connectivity index (χ0v) is 20.7. The summed E-state index contributed by atoms with van der Waals surface area (Å²) in [5.74, 6) is 0.0771. The predicted octanol–water partition coefficient (Wildman–Crippen LogP) is 2.32. The van der Waals surface area contributed by atoms with Gasteiger partial charge in [0.05, 0.1) is 11.8 Å². The lowest BCUT2D eigenvalue weighted by atomic mass is 10.0. The van der Waals surface area contributed by atoms with Gasteiger partial charge in [0.2, 0.25) is 10.3 Å². The van der Waals surface area contributed by atoms with Crippen LogP contribution in [0.1, 0.15) is 18.1 Å². The maximum Gasteiger partial charge on any atom is 0.259 e. The van der Waals surface area contributed by atoms with Crippen LogP contribution in [0, 0.1) is 5.82 Å². The Morgan fingerprint density at radius 2 is 1.97 bits per heavy atom. The Balaban J connectivity index is 1.19. The fraction of sp³-hybridized carbons (Fsp3) is 0.435. The van der Waals surface area contributed by atoms with Crippen LogP contribution in [0.25, 0.3) is 0 Å². The maximum atomic E-state index is 14.4. The molecule has 36 heavy (non-hydrogen) atoms. The molecule has 5 rings (SSSR count). The van der Waals surface area contributed by atoms with E-state index in [1.54, 1.807) is 25.4 Å². The number of carbonyl (C=O) groups is 1. The lowest BCUT2D eigenvalue weighted by Gasteiger charge is -2.40. The molecule has 2 atom stereocenters. The Morgan fingerprint density at radius 1 is 1.14 bits per heavy atom. The smallest absolute Gasteiger partial charge is 0.259 e. The summed E-state index contributed by atoms with van der Waals surface area (Å²) >= 11 is 1.24. The zero-order chi connectivity index (χ0) is 25.1. The second-order valence-electron chi connectivity index (χ2n) is 8.65. The number of halogens is 1. The number of hydrogen-bond acceptors (Lipinski definition) is 11. The van der Waals surface area contributed by atoms with Crippen molar-refractivity contribution in [3.05, 3.63) is 47.9 Å². The first-order chi connectivity index (χ1) is 17.5. The van der Waals surface area contributed by atoms with Crippen molar-refractivity contribution >= 4 is 39.0 Å². The average molecular weight is 515 g/mol. The Hall–Kier alpha value is -3.42. The summed E-state index contributed by atoms with van der Waals surface area (Å²) in [7, 11) is 3.07. The minimum Gasteiger partial charge on any atom is -0.378 e. The normalized spacial score (nSPS) is 18.7. The van der Waals surface area contributed by atoms with E-state index in [1.165, 1.54) is 24.5 Å². The molecular weight excluding hydrogens is 487 g/mol. The molecule has 1 amide bonds. The number of aromatic nitrogens is 4. The van der Waals surface area contributed by atoms with Gasteiger partial charge >= 0.3 is 0 Å². The Kier molecular flexibility index (Phi) is 7.20. The van der Waals surface area contributed by atoms with Gasteiger partial charge in [-0.3, -0.25) is 10.1 Å². The standard InChI is InChI=1S/C23H27FN8O3S/c1-34-16-12-32(13-16)18-10-14(5-6-17(18)24)20(35-2)21(33)27-23-30-29-22(36-23)26-15-7-9-31(11-15)19-4-3-8-25-28-19/h3-6,8,10,15-16,20H,7,9,11-13H2,1-2H3,(H,26,29)(H,27,30,33). The fourth-order valence-corrected chi connectivity index (χ4v) is 5.06. The molecule has 0 radical (unpaired) electrons. The van der Waals surface area contributed by atoms with Gasteiger partial charge in [0.15, 0.2) is 11.9 Å². The zero-order valence-electron chi connectivity index (χ0n) is 19.9. The third-order valence-corrected chi connectivity index (χ3v) is 7.09. The second-order valence-corrected chi connectivity index (χ2v) is 9.63. The molecule has 0 aliphatic carbocycles. The van der Waals surface area contributed by atoms with E-state index in [-0.39, 0.29) is 18.0 Å². The molecule has 11 nitrogen and oxygen atoms in total. The van der Waals surface area contributed by atoms with Crippen molar-refractivity contribution in [2.75, 3.05) is 60.8 Å². The van der Waals surface area contributed by atoms with Crippen molar-refractivity contribution in [2.45, 2.75) is 24.7 Å². The highest BCUT2D eigenvalue weighted by molar-refractivity contribution is 7.19. The monoisotopic (exact) mass is 514 g/mol. The van der Waals surface area contributed by atoms with Crippen LogP contribution in [0.15, 0.2) is 36.5 Å². The van der Waals surface area contributed by atoms with Crippen LogP contribution in [-0.2, 0) is 14.3 Å². The lowest BCUT2D eigenvalue weighted by Crippen LogP contribution is -2.52. The van der Waals surface area contributed by atoms with Crippen LogP contribution in [0.2, 0.25) is 0 Å². The van der Waals surface area contributed by atoms with E-state index in [1.807, 2.05) is 17.0 Å². The molecule has 190 valence electrons. The maximum absolute atomic E-state index is 14.4. The molecule has 0 spiro atoms. The Bertz CT molecular complexity index is 1190. The van der Waals surface area contributed by atoms with Gasteiger partial charge in [0.1, 0.15) is 5.82 Å². The second kappa shape index (κ2) is 10.7. The Morgan fingerprint density at radius 3 is 2.72 bits per heavy atom. The molecule has 4 heterocycles. The van der Waals surface area contributed by atoms with Crippen molar-refractivity contribution in [1.82, 2.24) is 20.4 Å². The quantitative estimate of drug-likeness (QED) is 0.440. The van der Waals surface area contributed by atoms with Crippen LogP contribution >= 0.6 is 11.3 Å². The number of anilines is 4. The van der Waals surface area contributed by atoms with E-state index in [4.69, 9.17) is 9.47 Å². The molecule has 0 saturated carbocycles. The van der Waals surface area contributed by atoms with Gasteiger partial charge in [-0.1, -0.05) is 17.4 Å². The third kappa shape index (κ3) is 5.22. The van der Waals surface area contributed by atoms with Crippen LogP contribution in [0.4, 0.5) is 26.2 Å². The van der Waals surface area contributed by atoms with Gasteiger partial charge in [-0.25, -0.2) is 4.39 Å². The molecule has 2 aliphatic heterocycles. The molecule has 2 aliphatic rings. The summed E-state index contributed by atoms with van der Waals surface area (Å²) in [5, 5.41) is 23.4. The van der Waals surface area contributed by atoms with E-state index in [9.17, 15) is 9.18 Å². The number of carbonyl (C=O) groups excluding carboxylic acids is 1. The van der Waals surface area contributed by atoms with Crippen LogP contribution < -0.4 is 20.4 Å². The van der Waals surface area contributed by atoms with Gasteiger partial charge in [-0.2, -0.15) is 5.10 Å². The van der Waals surface area contributed by atoms with Gasteiger partial charge in [-0.05, 0) is 36.2 Å². The largest absolute Gasteiger partial charge is 0.378 e. The SMILES string of the molecule is COC1CN(c2cc(C(OC)C(=O)Nc3nnc(NC4CCN(c5cccnn5)C4)s3)ccc2F)C1. The highest BCUT2D eigenvalue weighted by Gasteiger charge is 2.30. The van der Waals surface area contributed by atoms with E-state index < -0.39 is 12.0 Å². The number of amides is 1. The van der Waals surface area contributed by atoms with Gasteiger partial charge < -0.3 is 24.6 Å². The van der Waals surface area contributed by atoms with Crippen molar-refractivity contribution in [1.29, 1.82) is 0 Å². The summed E-state index contributed by atoms with van der Waals surface area (Å²) in [6.07, 6.45) is 1.71. The van der Waals surface area contributed by atoms with Crippen molar-refractivity contribution < 1.29 is 18.7 Å². The van der Waals surface area contributed by atoms with Crippen molar-refractivity contribution in [2.24, 2.45) is 0 Å². The molecule has 2 saturated heterocycles. The van der Waals surface area contributed by atoms with Crippen LogP contribution in [0.5, 0.6) is 0 Å². The summed E-state index contributed by atoms with van der Waals surface area (Å²) in [4.78, 5) is 17.0. The fourth-order valence-electron chi connectivity index (χ4n) is 4.34. The van der Waals surface area contributed by atoms with E-state index in [0.717, 1.165) is 25.3 Å². The molecule has 3 aromatic rings. The minimum atomic E-state index is -0.931. The average Bonchev–Trinajstić information content (AvgIpc) is 3.51. The highest BCUT2D eigenvalue weighted by Crippen LogP contribution is 2.31. The number of benzene rings is 1. The summed E-state index contributed by atoms with van der Waals surface area (Å²) < 4.78 is 25.1. The van der Waals surface area contributed by atoms with Crippen LogP contribution in [-0.4, -0.2) is 78.8 Å². The van der Waals surface area contributed by atoms with Crippen molar-refractivity contribution in [3.63, 3.8) is 0 Å². The number of hydrogen-bond donors (Lipinski definition) is 2. The Labute approximate surface area is 211 Å². The van der Waals surface area contributed by atoms with E-state index >= 15 is 0 Å². The first kappa shape index (κ1) is 24.3. The molecule has 2 aromatic heterocycles. The molecular formula is C23H27FN8O3S. The van der Waals surface area contributed by atoms with Gasteiger partial charge in [0, 0.05) is 52.6 Å². The molecule has 2 unspecified atom stereocenters. The topological polar surface area (TPSA) is 118 Å². The van der Waals surface area contributed by atoms with E-state index in [2.05, 4.69) is 35.9 Å².